The third kappa shape index (κ3) is 5.19. The van der Waals surface area contributed by atoms with E-state index in [0.717, 1.165) is 22.9 Å². The number of ether oxygens (including phenoxy) is 2. The molecule has 1 saturated heterocycles. The maximum absolute atomic E-state index is 13.0. The minimum absolute atomic E-state index is 0.225. The molecular weight excluding hydrogens is 472 g/mol. The molecule has 0 N–H and O–H groups in total. The van der Waals surface area contributed by atoms with Crippen molar-refractivity contribution in [2.45, 2.75) is 25.2 Å². The number of benzene rings is 3. The predicted molar refractivity (Wildman–Crippen MR) is 133 cm³/mol. The van der Waals surface area contributed by atoms with E-state index in [4.69, 9.17) is 21.1 Å². The van der Waals surface area contributed by atoms with Gasteiger partial charge < -0.3 is 9.47 Å². The highest BCUT2D eigenvalue weighted by Gasteiger charge is 2.40. The molecule has 1 aliphatic rings. The lowest BCUT2D eigenvalue weighted by Gasteiger charge is -2.16. The van der Waals surface area contributed by atoms with Crippen molar-refractivity contribution in [1.82, 2.24) is 0 Å². The van der Waals surface area contributed by atoms with Crippen molar-refractivity contribution >= 4 is 40.2 Å². The molecule has 2 amide bonds. The number of anilines is 1. The molecule has 6 nitrogen and oxygen atoms in total. The van der Waals surface area contributed by atoms with E-state index in [2.05, 4.69) is 6.07 Å². The Hall–Kier alpha value is -3.47. The molecule has 172 valence electrons. The average Bonchev–Trinajstić information content (AvgIpc) is 3.11. The van der Waals surface area contributed by atoms with Crippen LogP contribution in [0.15, 0.2) is 66.7 Å². The Morgan fingerprint density at radius 3 is 2.62 bits per heavy atom. The zero-order chi connectivity index (χ0) is 24.1. The summed E-state index contributed by atoms with van der Waals surface area (Å²) in [6.07, 6.45) is 0.365. The first-order chi connectivity index (χ1) is 16.5. The minimum atomic E-state index is -0.546. The molecule has 0 unspecified atom stereocenters. The normalized spacial score (nSPS) is 15.3. The van der Waals surface area contributed by atoms with Crippen LogP contribution in [0, 0.1) is 11.3 Å². The van der Waals surface area contributed by atoms with Crippen LogP contribution in [0.2, 0.25) is 5.02 Å². The van der Waals surface area contributed by atoms with E-state index in [1.807, 2.05) is 37.3 Å². The van der Waals surface area contributed by atoms with E-state index in [9.17, 15) is 14.9 Å². The highest BCUT2D eigenvalue weighted by Crippen LogP contribution is 2.36. The Morgan fingerprint density at radius 2 is 1.85 bits per heavy atom. The second kappa shape index (κ2) is 10.6. The second-order valence-electron chi connectivity index (χ2n) is 7.50. The van der Waals surface area contributed by atoms with Gasteiger partial charge in [-0.2, -0.15) is 5.26 Å². The van der Waals surface area contributed by atoms with Crippen LogP contribution in [-0.2, 0) is 17.8 Å². The fourth-order valence-electron chi connectivity index (χ4n) is 3.63. The number of carbonyl (C=O) groups excluding carboxylic acids is 2. The maximum atomic E-state index is 13.0. The molecule has 0 spiro atoms. The Bertz CT molecular complexity index is 1270. The summed E-state index contributed by atoms with van der Waals surface area (Å²) in [6, 6.07) is 21.6. The number of nitrogens with zero attached hydrogens (tertiary/aromatic N) is 2. The van der Waals surface area contributed by atoms with Crippen molar-refractivity contribution in [3.63, 3.8) is 0 Å². The molecule has 34 heavy (non-hydrogen) atoms. The van der Waals surface area contributed by atoms with Crippen molar-refractivity contribution in [3.8, 4) is 17.6 Å². The lowest BCUT2D eigenvalue weighted by atomic mass is 10.1. The SMILES string of the molecule is CCOc1cc(C[C@@H]2SC(=O)N(c3cccc(Cl)c3)C2=O)ccc1OCc1ccccc1C#N. The van der Waals surface area contributed by atoms with E-state index in [0.29, 0.717) is 40.8 Å². The molecule has 1 aliphatic heterocycles. The van der Waals surface area contributed by atoms with Crippen LogP contribution >= 0.6 is 23.4 Å². The number of hydrogen-bond acceptors (Lipinski definition) is 6. The van der Waals surface area contributed by atoms with Gasteiger partial charge in [0.15, 0.2) is 11.5 Å². The molecule has 4 rings (SSSR count). The molecule has 0 aromatic heterocycles. The number of amides is 2. The quantitative estimate of drug-likeness (QED) is 0.383. The third-order valence-electron chi connectivity index (χ3n) is 5.24. The van der Waals surface area contributed by atoms with Gasteiger partial charge in [-0.05, 0) is 55.3 Å². The highest BCUT2D eigenvalue weighted by atomic mass is 35.5. The molecular formula is C26H21ClN2O4S. The highest BCUT2D eigenvalue weighted by molar-refractivity contribution is 8.15. The topological polar surface area (TPSA) is 79.6 Å². The average molecular weight is 493 g/mol. The Kier molecular flexibility index (Phi) is 7.41. The van der Waals surface area contributed by atoms with Gasteiger partial charge in [0.25, 0.3) is 5.24 Å². The molecule has 0 saturated carbocycles. The van der Waals surface area contributed by atoms with Gasteiger partial charge >= 0.3 is 0 Å². The summed E-state index contributed by atoms with van der Waals surface area (Å²) >= 11 is 7.03. The number of thioether (sulfide) groups is 1. The van der Waals surface area contributed by atoms with Crippen LogP contribution in [-0.4, -0.2) is 23.0 Å². The summed E-state index contributed by atoms with van der Waals surface area (Å²) in [6.45, 7) is 2.54. The fraction of sp³-hybridized carbons (Fsp3) is 0.192. The van der Waals surface area contributed by atoms with E-state index < -0.39 is 5.25 Å². The molecule has 3 aromatic rings. The molecule has 0 bridgehead atoms. The van der Waals surface area contributed by atoms with Gasteiger partial charge in [0.1, 0.15) is 6.61 Å². The van der Waals surface area contributed by atoms with Gasteiger partial charge in [-0.15, -0.1) is 0 Å². The largest absolute Gasteiger partial charge is 0.490 e. The summed E-state index contributed by atoms with van der Waals surface area (Å²) < 4.78 is 11.7. The van der Waals surface area contributed by atoms with Gasteiger partial charge in [-0.1, -0.05) is 53.7 Å². The van der Waals surface area contributed by atoms with Gasteiger partial charge in [0.05, 0.1) is 29.2 Å². The zero-order valence-electron chi connectivity index (χ0n) is 18.4. The Balaban J connectivity index is 1.49. The van der Waals surface area contributed by atoms with Crippen LogP contribution < -0.4 is 14.4 Å². The molecule has 0 radical (unpaired) electrons. The van der Waals surface area contributed by atoms with Crippen molar-refractivity contribution < 1.29 is 19.1 Å². The standard InChI is InChI=1S/C26H21ClN2O4S/c1-2-32-23-12-17(10-11-22(23)33-16-19-7-4-3-6-18(19)15-28)13-24-25(30)29(26(31)34-24)21-9-5-8-20(27)14-21/h3-12,14,24H,2,13,16H2,1H3/t24-/m0/s1. The first-order valence-corrected chi connectivity index (χ1v) is 11.9. The van der Waals surface area contributed by atoms with Gasteiger partial charge in [-0.3, -0.25) is 9.59 Å². The maximum Gasteiger partial charge on any atom is 0.293 e. The van der Waals surface area contributed by atoms with Gasteiger partial charge in [0.2, 0.25) is 5.91 Å². The molecule has 8 heteroatoms. The first-order valence-electron chi connectivity index (χ1n) is 10.7. The lowest BCUT2D eigenvalue weighted by Crippen LogP contribution is -2.32. The van der Waals surface area contributed by atoms with E-state index in [1.54, 1.807) is 36.4 Å². The summed E-state index contributed by atoms with van der Waals surface area (Å²) in [7, 11) is 0. The van der Waals surface area contributed by atoms with Gasteiger partial charge in [-0.25, -0.2) is 4.90 Å². The predicted octanol–water partition coefficient (Wildman–Crippen LogP) is 6.00. The molecule has 1 fully saturated rings. The summed E-state index contributed by atoms with van der Waals surface area (Å²) in [5.41, 5.74) is 2.65. The van der Waals surface area contributed by atoms with E-state index >= 15 is 0 Å². The van der Waals surface area contributed by atoms with Crippen molar-refractivity contribution in [3.05, 3.63) is 88.4 Å². The van der Waals surface area contributed by atoms with E-state index in [-0.39, 0.29) is 17.8 Å². The first kappa shape index (κ1) is 23.7. The van der Waals surface area contributed by atoms with E-state index in [1.165, 1.54) is 4.90 Å². The molecule has 1 atom stereocenters. The van der Waals surface area contributed by atoms with Crippen molar-refractivity contribution in [1.29, 1.82) is 5.26 Å². The fourth-order valence-corrected chi connectivity index (χ4v) is 4.84. The number of halogens is 1. The number of nitriles is 1. The van der Waals surface area contributed by atoms with Crippen LogP contribution in [0.25, 0.3) is 0 Å². The number of hydrogen-bond donors (Lipinski definition) is 0. The third-order valence-corrected chi connectivity index (χ3v) is 6.51. The Labute approximate surface area is 207 Å². The monoisotopic (exact) mass is 492 g/mol. The van der Waals surface area contributed by atoms with Gasteiger partial charge in [0, 0.05) is 10.6 Å². The summed E-state index contributed by atoms with van der Waals surface area (Å²) in [5.74, 6) is 0.812. The second-order valence-corrected chi connectivity index (χ2v) is 9.09. The summed E-state index contributed by atoms with van der Waals surface area (Å²) in [5, 5.41) is 8.87. The van der Waals surface area contributed by atoms with Crippen LogP contribution in [0.5, 0.6) is 11.5 Å². The smallest absolute Gasteiger partial charge is 0.293 e. The zero-order valence-corrected chi connectivity index (χ0v) is 19.9. The molecule has 3 aromatic carbocycles. The van der Waals surface area contributed by atoms with Crippen LogP contribution in [0.4, 0.5) is 10.5 Å². The molecule has 0 aliphatic carbocycles. The number of rotatable bonds is 8. The van der Waals surface area contributed by atoms with Crippen molar-refractivity contribution in [2.75, 3.05) is 11.5 Å². The number of imide groups is 1. The number of carbonyl (C=O) groups is 2. The lowest BCUT2D eigenvalue weighted by molar-refractivity contribution is -0.117. The molecule has 1 heterocycles. The van der Waals surface area contributed by atoms with Crippen LogP contribution in [0.1, 0.15) is 23.6 Å². The Morgan fingerprint density at radius 1 is 1.03 bits per heavy atom. The van der Waals surface area contributed by atoms with Crippen molar-refractivity contribution in [2.24, 2.45) is 0 Å². The van der Waals surface area contributed by atoms with Crippen LogP contribution in [0.3, 0.4) is 0 Å². The minimum Gasteiger partial charge on any atom is -0.490 e. The summed E-state index contributed by atoms with van der Waals surface area (Å²) in [4.78, 5) is 26.7.